The SMILES string of the molecule is C/C=C/CN(C)C(C)C(N)=O. The molecule has 0 saturated heterocycles. The van der Waals surface area contributed by atoms with Crippen LogP contribution < -0.4 is 5.73 Å². The third kappa shape index (κ3) is 3.78. The van der Waals surface area contributed by atoms with Gasteiger partial charge >= 0.3 is 0 Å². The highest BCUT2D eigenvalue weighted by Gasteiger charge is 2.12. The summed E-state index contributed by atoms with van der Waals surface area (Å²) in [6, 6.07) is -0.189. The predicted octanol–water partition coefficient (Wildman–Crippen LogP) is 0.368. The van der Waals surface area contributed by atoms with Crippen molar-refractivity contribution >= 4 is 5.91 Å². The van der Waals surface area contributed by atoms with Crippen LogP contribution >= 0.6 is 0 Å². The second-order valence-electron chi connectivity index (χ2n) is 2.59. The summed E-state index contributed by atoms with van der Waals surface area (Å²) in [5, 5.41) is 0. The van der Waals surface area contributed by atoms with Gasteiger partial charge in [-0.15, -0.1) is 0 Å². The fraction of sp³-hybridized carbons (Fsp3) is 0.625. The van der Waals surface area contributed by atoms with Gasteiger partial charge in [0.05, 0.1) is 6.04 Å². The van der Waals surface area contributed by atoms with Gasteiger partial charge in [-0.2, -0.15) is 0 Å². The van der Waals surface area contributed by atoms with Crippen molar-refractivity contribution in [2.45, 2.75) is 19.9 Å². The lowest BCUT2D eigenvalue weighted by Gasteiger charge is -2.19. The summed E-state index contributed by atoms with van der Waals surface area (Å²) in [4.78, 5) is 12.6. The molecule has 2 N–H and O–H groups in total. The Labute approximate surface area is 67.9 Å². The van der Waals surface area contributed by atoms with E-state index in [0.717, 1.165) is 6.54 Å². The van der Waals surface area contributed by atoms with Crippen LogP contribution in [0.4, 0.5) is 0 Å². The number of allylic oxidation sites excluding steroid dienone is 1. The van der Waals surface area contributed by atoms with Crippen molar-refractivity contribution in [2.24, 2.45) is 5.73 Å². The highest BCUT2D eigenvalue weighted by Crippen LogP contribution is 1.93. The topological polar surface area (TPSA) is 46.3 Å². The molecular formula is C8H16N2O. The van der Waals surface area contributed by atoms with Crippen LogP contribution in [0.3, 0.4) is 0 Å². The first-order valence-corrected chi connectivity index (χ1v) is 3.70. The summed E-state index contributed by atoms with van der Waals surface area (Å²) in [5.41, 5.74) is 5.10. The zero-order valence-electron chi connectivity index (χ0n) is 7.37. The number of hydrogen-bond acceptors (Lipinski definition) is 2. The van der Waals surface area contributed by atoms with Crippen molar-refractivity contribution in [1.29, 1.82) is 0 Å². The van der Waals surface area contributed by atoms with Gasteiger partial charge in [0, 0.05) is 6.54 Å². The van der Waals surface area contributed by atoms with E-state index in [4.69, 9.17) is 5.73 Å². The Morgan fingerprint density at radius 3 is 2.64 bits per heavy atom. The van der Waals surface area contributed by atoms with Crippen LogP contribution in [0.1, 0.15) is 13.8 Å². The first-order chi connectivity index (χ1) is 5.09. The first kappa shape index (κ1) is 10.2. The van der Waals surface area contributed by atoms with Crippen LogP contribution in [0.5, 0.6) is 0 Å². The quantitative estimate of drug-likeness (QED) is 0.598. The van der Waals surface area contributed by atoms with Gasteiger partial charge in [-0.3, -0.25) is 9.69 Å². The van der Waals surface area contributed by atoms with E-state index in [-0.39, 0.29) is 11.9 Å². The lowest BCUT2D eigenvalue weighted by Crippen LogP contribution is -2.40. The Balaban J connectivity index is 3.82. The van der Waals surface area contributed by atoms with Crippen molar-refractivity contribution < 1.29 is 4.79 Å². The molecule has 3 nitrogen and oxygen atoms in total. The molecule has 0 bridgehead atoms. The normalized spacial score (nSPS) is 14.2. The molecule has 0 aromatic rings. The smallest absolute Gasteiger partial charge is 0.234 e. The molecule has 0 radical (unpaired) electrons. The fourth-order valence-corrected chi connectivity index (χ4v) is 0.647. The molecule has 0 rings (SSSR count). The molecule has 0 fully saturated rings. The summed E-state index contributed by atoms with van der Waals surface area (Å²) in [6.45, 7) is 4.51. The molecule has 0 aromatic carbocycles. The third-order valence-corrected chi connectivity index (χ3v) is 1.70. The van der Waals surface area contributed by atoms with E-state index in [2.05, 4.69) is 0 Å². The van der Waals surface area contributed by atoms with Gasteiger partial charge in [-0.05, 0) is 20.9 Å². The number of hydrogen-bond donors (Lipinski definition) is 1. The Morgan fingerprint density at radius 1 is 1.73 bits per heavy atom. The summed E-state index contributed by atoms with van der Waals surface area (Å²) < 4.78 is 0. The summed E-state index contributed by atoms with van der Waals surface area (Å²) >= 11 is 0. The van der Waals surface area contributed by atoms with E-state index < -0.39 is 0 Å². The zero-order valence-corrected chi connectivity index (χ0v) is 7.37. The zero-order chi connectivity index (χ0) is 8.85. The van der Waals surface area contributed by atoms with E-state index in [0.29, 0.717) is 0 Å². The molecule has 0 aliphatic heterocycles. The van der Waals surface area contributed by atoms with Gasteiger partial charge in [0.25, 0.3) is 0 Å². The van der Waals surface area contributed by atoms with Crippen LogP contribution in [-0.4, -0.2) is 30.4 Å². The average Bonchev–Trinajstić information content (AvgIpc) is 1.98. The molecule has 0 saturated carbocycles. The van der Waals surface area contributed by atoms with Gasteiger partial charge in [-0.25, -0.2) is 0 Å². The van der Waals surface area contributed by atoms with Crippen molar-refractivity contribution in [3.8, 4) is 0 Å². The molecule has 0 heterocycles. The minimum atomic E-state index is -0.281. The molecule has 1 amide bonds. The number of amides is 1. The highest BCUT2D eigenvalue weighted by atomic mass is 16.1. The number of likely N-dealkylation sites (N-methyl/N-ethyl adjacent to an activating group) is 1. The van der Waals surface area contributed by atoms with E-state index >= 15 is 0 Å². The van der Waals surface area contributed by atoms with E-state index in [1.165, 1.54) is 0 Å². The second kappa shape index (κ2) is 4.91. The molecule has 3 heteroatoms. The number of carbonyl (C=O) groups excluding carboxylic acids is 1. The summed E-state index contributed by atoms with van der Waals surface area (Å²) in [7, 11) is 1.87. The molecule has 1 atom stereocenters. The maximum atomic E-state index is 10.7. The van der Waals surface area contributed by atoms with Gasteiger partial charge < -0.3 is 5.73 Å². The number of carbonyl (C=O) groups is 1. The Hall–Kier alpha value is -0.830. The largest absolute Gasteiger partial charge is 0.368 e. The van der Waals surface area contributed by atoms with E-state index in [1.54, 1.807) is 6.92 Å². The molecule has 0 aromatic heterocycles. The number of nitrogens with zero attached hydrogens (tertiary/aromatic N) is 1. The number of rotatable bonds is 4. The number of primary amides is 1. The van der Waals surface area contributed by atoms with Crippen molar-refractivity contribution in [2.75, 3.05) is 13.6 Å². The molecule has 0 aliphatic carbocycles. The minimum Gasteiger partial charge on any atom is -0.368 e. The summed E-state index contributed by atoms with van der Waals surface area (Å²) in [6.07, 6.45) is 3.93. The lowest BCUT2D eigenvalue weighted by molar-refractivity contribution is -0.122. The van der Waals surface area contributed by atoms with Crippen molar-refractivity contribution in [1.82, 2.24) is 4.90 Å². The molecule has 0 aliphatic rings. The number of nitrogens with two attached hydrogens (primary N) is 1. The molecular weight excluding hydrogens is 140 g/mol. The fourth-order valence-electron chi connectivity index (χ4n) is 0.647. The summed E-state index contributed by atoms with van der Waals surface area (Å²) in [5.74, 6) is -0.281. The Kier molecular flexibility index (Phi) is 4.54. The minimum absolute atomic E-state index is 0.189. The van der Waals surface area contributed by atoms with Crippen LogP contribution in [-0.2, 0) is 4.79 Å². The van der Waals surface area contributed by atoms with Crippen LogP contribution in [0.15, 0.2) is 12.2 Å². The monoisotopic (exact) mass is 156 g/mol. The standard InChI is InChI=1S/C8H16N2O/c1-4-5-6-10(3)7(2)8(9)11/h4-5,7H,6H2,1-3H3,(H2,9,11)/b5-4+. The van der Waals surface area contributed by atoms with Crippen LogP contribution in [0.2, 0.25) is 0 Å². The molecule has 0 spiro atoms. The predicted molar refractivity (Wildman–Crippen MR) is 46.1 cm³/mol. The first-order valence-electron chi connectivity index (χ1n) is 3.70. The maximum Gasteiger partial charge on any atom is 0.234 e. The van der Waals surface area contributed by atoms with Crippen LogP contribution in [0.25, 0.3) is 0 Å². The lowest BCUT2D eigenvalue weighted by atomic mass is 10.3. The maximum absolute atomic E-state index is 10.7. The van der Waals surface area contributed by atoms with Crippen molar-refractivity contribution in [3.63, 3.8) is 0 Å². The average molecular weight is 156 g/mol. The van der Waals surface area contributed by atoms with Crippen LogP contribution in [0, 0.1) is 0 Å². The van der Waals surface area contributed by atoms with Gasteiger partial charge in [-0.1, -0.05) is 12.2 Å². The molecule has 64 valence electrons. The third-order valence-electron chi connectivity index (χ3n) is 1.70. The van der Waals surface area contributed by atoms with E-state index in [1.807, 2.05) is 31.0 Å². The van der Waals surface area contributed by atoms with Gasteiger partial charge in [0.1, 0.15) is 0 Å². The molecule has 1 unspecified atom stereocenters. The molecule has 11 heavy (non-hydrogen) atoms. The van der Waals surface area contributed by atoms with Gasteiger partial charge in [0.2, 0.25) is 5.91 Å². The Morgan fingerprint density at radius 2 is 2.27 bits per heavy atom. The second-order valence-corrected chi connectivity index (χ2v) is 2.59. The van der Waals surface area contributed by atoms with Crippen molar-refractivity contribution in [3.05, 3.63) is 12.2 Å². The Bertz CT molecular complexity index is 154. The van der Waals surface area contributed by atoms with E-state index in [9.17, 15) is 4.79 Å². The highest BCUT2D eigenvalue weighted by molar-refractivity contribution is 5.79. The van der Waals surface area contributed by atoms with Gasteiger partial charge in [0.15, 0.2) is 0 Å².